The van der Waals surface area contributed by atoms with Crippen LogP contribution in [0.4, 0.5) is 4.79 Å². The summed E-state index contributed by atoms with van der Waals surface area (Å²) in [7, 11) is 0. The van der Waals surface area contributed by atoms with Crippen LogP contribution in [0, 0.1) is 0 Å². The maximum atomic E-state index is 11.8. The molecule has 2 aromatic carbocycles. The Morgan fingerprint density at radius 3 is 2.70 bits per heavy atom. The number of amides is 2. The lowest BCUT2D eigenvalue weighted by atomic mass is 10.1. The Labute approximate surface area is 163 Å². The first kappa shape index (κ1) is 16.6. The highest BCUT2D eigenvalue weighted by atomic mass is 32.2. The Morgan fingerprint density at radius 2 is 1.89 bits per heavy atom. The van der Waals surface area contributed by atoms with E-state index in [4.69, 9.17) is 4.42 Å². The van der Waals surface area contributed by atoms with E-state index in [0.717, 1.165) is 40.5 Å². The lowest BCUT2D eigenvalue weighted by Gasteiger charge is -2.04. The van der Waals surface area contributed by atoms with Crippen LogP contribution in [0.3, 0.4) is 0 Å². The van der Waals surface area contributed by atoms with Crippen molar-refractivity contribution in [2.75, 3.05) is 0 Å². The number of hydrogen-bond acceptors (Lipinski definition) is 5. The molecule has 134 valence electrons. The molecule has 1 aliphatic rings. The Hall–Kier alpha value is -2.57. The maximum absolute atomic E-state index is 11.8. The number of imide groups is 1. The molecule has 1 fully saturated rings. The lowest BCUT2D eigenvalue weighted by molar-refractivity contribution is -0.118. The normalized spacial score (nSPS) is 17.1. The van der Waals surface area contributed by atoms with Crippen molar-refractivity contribution in [1.82, 2.24) is 5.32 Å². The molecular formula is C21H15NO3S2. The van der Waals surface area contributed by atoms with Gasteiger partial charge in [-0.25, -0.2) is 0 Å². The standard InChI is InChI=1S/C21H15NO3S2/c23-20-19(27-21(24)22-20)8-12-5-6-17-14(7-12)9-15(25-17)11-16-10-13-3-1-2-4-18(13)26-16/h1-7,9-10,19H,8,11H2,(H,22,23,24). The van der Waals surface area contributed by atoms with Crippen LogP contribution in [0.25, 0.3) is 21.1 Å². The molecule has 1 atom stereocenters. The van der Waals surface area contributed by atoms with Gasteiger partial charge in [0.25, 0.3) is 5.24 Å². The van der Waals surface area contributed by atoms with Crippen LogP contribution in [0.2, 0.25) is 0 Å². The summed E-state index contributed by atoms with van der Waals surface area (Å²) in [6.45, 7) is 0. The van der Waals surface area contributed by atoms with Gasteiger partial charge in [0.15, 0.2) is 0 Å². The summed E-state index contributed by atoms with van der Waals surface area (Å²) in [6.07, 6.45) is 1.30. The molecular weight excluding hydrogens is 378 g/mol. The number of carbonyl (C=O) groups excluding carboxylic acids is 2. The second-order valence-corrected chi connectivity index (χ2v) is 8.94. The summed E-state index contributed by atoms with van der Waals surface area (Å²) in [6, 6.07) is 18.6. The third kappa shape index (κ3) is 3.26. The van der Waals surface area contributed by atoms with Gasteiger partial charge in [0.2, 0.25) is 5.91 Å². The van der Waals surface area contributed by atoms with Crippen molar-refractivity contribution in [3.8, 4) is 0 Å². The van der Waals surface area contributed by atoms with Gasteiger partial charge in [-0.2, -0.15) is 0 Å². The number of rotatable bonds is 4. The van der Waals surface area contributed by atoms with Crippen molar-refractivity contribution >= 4 is 55.3 Å². The average molecular weight is 393 g/mol. The zero-order chi connectivity index (χ0) is 18.4. The number of fused-ring (bicyclic) bond motifs is 2. The molecule has 1 unspecified atom stereocenters. The lowest BCUT2D eigenvalue weighted by Crippen LogP contribution is -2.25. The smallest absolute Gasteiger partial charge is 0.286 e. The first-order chi connectivity index (χ1) is 13.1. The Morgan fingerprint density at radius 1 is 1.00 bits per heavy atom. The molecule has 4 aromatic rings. The predicted octanol–water partition coefficient (Wildman–Crippen LogP) is 5.13. The van der Waals surface area contributed by atoms with Gasteiger partial charge in [-0.3, -0.25) is 14.9 Å². The Bertz CT molecular complexity index is 1160. The average Bonchev–Trinajstić information content (AvgIpc) is 3.31. The van der Waals surface area contributed by atoms with E-state index >= 15 is 0 Å². The van der Waals surface area contributed by atoms with E-state index in [2.05, 4.69) is 41.7 Å². The number of thioether (sulfide) groups is 1. The highest BCUT2D eigenvalue weighted by molar-refractivity contribution is 8.15. The number of carbonyl (C=O) groups is 2. The van der Waals surface area contributed by atoms with E-state index in [0.29, 0.717) is 6.42 Å². The summed E-state index contributed by atoms with van der Waals surface area (Å²) >= 11 is 2.85. The second-order valence-electron chi connectivity index (χ2n) is 6.60. The van der Waals surface area contributed by atoms with E-state index in [1.54, 1.807) is 11.3 Å². The number of nitrogens with one attached hydrogen (secondary N) is 1. The molecule has 27 heavy (non-hydrogen) atoms. The molecule has 0 bridgehead atoms. The molecule has 3 heterocycles. The summed E-state index contributed by atoms with van der Waals surface area (Å²) < 4.78 is 7.28. The van der Waals surface area contributed by atoms with Crippen molar-refractivity contribution in [3.05, 3.63) is 70.8 Å². The second kappa shape index (κ2) is 6.55. The van der Waals surface area contributed by atoms with E-state index in [1.807, 2.05) is 18.2 Å². The molecule has 1 saturated heterocycles. The van der Waals surface area contributed by atoms with Gasteiger partial charge < -0.3 is 4.42 Å². The molecule has 1 aliphatic heterocycles. The minimum absolute atomic E-state index is 0.206. The molecule has 1 N–H and O–H groups in total. The molecule has 0 aliphatic carbocycles. The summed E-state index contributed by atoms with van der Waals surface area (Å²) in [4.78, 5) is 24.4. The topological polar surface area (TPSA) is 59.3 Å². The zero-order valence-corrected chi connectivity index (χ0v) is 15.9. The van der Waals surface area contributed by atoms with Crippen LogP contribution < -0.4 is 5.32 Å². The fourth-order valence-electron chi connectivity index (χ4n) is 3.40. The zero-order valence-electron chi connectivity index (χ0n) is 14.2. The van der Waals surface area contributed by atoms with Crippen molar-refractivity contribution in [3.63, 3.8) is 0 Å². The first-order valence-corrected chi connectivity index (χ1v) is 10.3. The molecule has 0 radical (unpaired) electrons. The van der Waals surface area contributed by atoms with E-state index in [1.165, 1.54) is 15.0 Å². The van der Waals surface area contributed by atoms with E-state index in [9.17, 15) is 9.59 Å². The van der Waals surface area contributed by atoms with Crippen molar-refractivity contribution in [2.45, 2.75) is 18.1 Å². The highest BCUT2D eigenvalue weighted by Gasteiger charge is 2.31. The van der Waals surface area contributed by atoms with Crippen molar-refractivity contribution in [1.29, 1.82) is 0 Å². The van der Waals surface area contributed by atoms with E-state index < -0.39 is 0 Å². The molecule has 2 amide bonds. The Kier molecular flexibility index (Phi) is 4.02. The molecule has 4 nitrogen and oxygen atoms in total. The molecule has 6 heteroatoms. The van der Waals surface area contributed by atoms with Crippen LogP contribution in [-0.2, 0) is 17.6 Å². The van der Waals surface area contributed by atoms with Gasteiger partial charge in [0, 0.05) is 21.4 Å². The molecule has 2 aromatic heterocycles. The minimum Gasteiger partial charge on any atom is -0.461 e. The third-order valence-corrected chi connectivity index (χ3v) is 6.74. The fourth-order valence-corrected chi connectivity index (χ4v) is 5.33. The van der Waals surface area contributed by atoms with Gasteiger partial charge in [-0.1, -0.05) is 36.0 Å². The first-order valence-electron chi connectivity index (χ1n) is 8.64. The fraction of sp³-hybridized carbons (Fsp3) is 0.143. The number of thiophene rings is 1. The van der Waals surface area contributed by atoms with Crippen LogP contribution in [0.1, 0.15) is 16.2 Å². The van der Waals surface area contributed by atoms with Crippen LogP contribution in [-0.4, -0.2) is 16.4 Å². The van der Waals surface area contributed by atoms with Crippen molar-refractivity contribution in [2.24, 2.45) is 0 Å². The monoisotopic (exact) mass is 393 g/mol. The van der Waals surface area contributed by atoms with Crippen LogP contribution >= 0.6 is 23.1 Å². The van der Waals surface area contributed by atoms with Gasteiger partial charge in [-0.05, 0) is 47.7 Å². The Balaban J connectivity index is 1.38. The summed E-state index contributed by atoms with van der Waals surface area (Å²) in [5.74, 6) is 0.722. The molecule has 0 spiro atoms. The quantitative estimate of drug-likeness (QED) is 0.522. The van der Waals surface area contributed by atoms with Gasteiger partial charge >= 0.3 is 0 Å². The number of furan rings is 1. The van der Waals surface area contributed by atoms with Crippen LogP contribution in [0.5, 0.6) is 0 Å². The van der Waals surface area contributed by atoms with Crippen LogP contribution in [0.15, 0.2) is 59.0 Å². The largest absolute Gasteiger partial charge is 0.461 e. The SMILES string of the molecule is O=C1NC(=O)C(Cc2ccc3oc(Cc4cc5ccccc5s4)cc3c2)S1. The number of benzene rings is 2. The van der Waals surface area contributed by atoms with Gasteiger partial charge in [0.1, 0.15) is 11.3 Å². The summed E-state index contributed by atoms with van der Waals surface area (Å²) in [5, 5.41) is 4.01. The summed E-state index contributed by atoms with van der Waals surface area (Å²) in [5.41, 5.74) is 1.87. The molecule has 0 saturated carbocycles. The third-order valence-electron chi connectivity index (χ3n) is 4.64. The van der Waals surface area contributed by atoms with Crippen molar-refractivity contribution < 1.29 is 14.0 Å². The maximum Gasteiger partial charge on any atom is 0.286 e. The highest BCUT2D eigenvalue weighted by Crippen LogP contribution is 2.30. The predicted molar refractivity (Wildman–Crippen MR) is 109 cm³/mol. The molecule has 5 rings (SSSR count). The minimum atomic E-state index is -0.347. The van der Waals surface area contributed by atoms with Gasteiger partial charge in [0.05, 0.1) is 5.25 Å². The number of hydrogen-bond donors (Lipinski definition) is 1. The van der Waals surface area contributed by atoms with Gasteiger partial charge in [-0.15, -0.1) is 11.3 Å². The van der Waals surface area contributed by atoms with E-state index in [-0.39, 0.29) is 16.4 Å².